The summed E-state index contributed by atoms with van der Waals surface area (Å²) in [5.74, 6) is 0.326. The molecule has 3 N–H and O–H groups in total. The Bertz CT molecular complexity index is 1400. The Kier molecular flexibility index (Phi) is 4.57. The van der Waals surface area contributed by atoms with Crippen LogP contribution in [-0.4, -0.2) is 26.8 Å². The van der Waals surface area contributed by atoms with Crippen LogP contribution < -0.4 is 9.86 Å². The van der Waals surface area contributed by atoms with E-state index in [0.29, 0.717) is 22.6 Å². The molecule has 11 heteroatoms. The maximum absolute atomic E-state index is 12.7. The van der Waals surface area contributed by atoms with Crippen molar-refractivity contribution >= 4 is 36.8 Å². The number of oxazole rings is 1. The molecule has 0 amide bonds. The number of aromatic nitrogens is 2. The Morgan fingerprint density at radius 2 is 1.52 bits per heavy atom. The van der Waals surface area contributed by atoms with Crippen molar-refractivity contribution < 1.29 is 21.3 Å². The smallest absolute Gasteiger partial charge is 0.261 e. The van der Waals surface area contributed by atoms with E-state index < -0.39 is 20.0 Å². The number of fused-ring (bicyclic) bond motifs is 1. The predicted molar refractivity (Wildman–Crippen MR) is 106 cm³/mol. The zero-order valence-corrected chi connectivity index (χ0v) is 16.3. The number of benzene rings is 2. The quantitative estimate of drug-likeness (QED) is 0.494. The van der Waals surface area contributed by atoms with Crippen molar-refractivity contribution in [3.63, 3.8) is 0 Å². The molecule has 29 heavy (non-hydrogen) atoms. The van der Waals surface area contributed by atoms with Gasteiger partial charge in [0, 0.05) is 18.0 Å². The Balaban J connectivity index is 1.71. The summed E-state index contributed by atoms with van der Waals surface area (Å²) >= 11 is 0. The van der Waals surface area contributed by atoms with Gasteiger partial charge in [0.05, 0.1) is 15.5 Å². The molecule has 2 heterocycles. The van der Waals surface area contributed by atoms with Crippen LogP contribution in [0, 0.1) is 0 Å². The van der Waals surface area contributed by atoms with Gasteiger partial charge in [0.15, 0.2) is 5.58 Å². The molecule has 0 aliphatic carbocycles. The molecule has 148 valence electrons. The number of sulfonamides is 2. The van der Waals surface area contributed by atoms with Gasteiger partial charge in [-0.05, 0) is 48.5 Å². The lowest BCUT2D eigenvalue weighted by atomic mass is 10.3. The van der Waals surface area contributed by atoms with E-state index >= 15 is 0 Å². The second-order valence-corrected chi connectivity index (χ2v) is 9.27. The minimum atomic E-state index is -4.00. The molecule has 0 spiro atoms. The van der Waals surface area contributed by atoms with E-state index in [1.807, 2.05) is 0 Å². The van der Waals surface area contributed by atoms with Gasteiger partial charge in [-0.1, -0.05) is 6.07 Å². The number of hydrogen-bond donors (Lipinski definition) is 2. The summed E-state index contributed by atoms with van der Waals surface area (Å²) < 4.78 is 56.3. The SMILES string of the molecule is NS(=O)(=O)c1ccc(S(=O)(=O)Nc2cccc3oc(-c4ccncc4)nc23)cc1. The molecule has 0 aliphatic rings. The minimum Gasteiger partial charge on any atom is -0.436 e. The van der Waals surface area contributed by atoms with Crippen molar-refractivity contribution in [1.29, 1.82) is 0 Å². The van der Waals surface area contributed by atoms with Crippen LogP contribution in [0.5, 0.6) is 0 Å². The van der Waals surface area contributed by atoms with E-state index in [1.54, 1.807) is 42.7 Å². The summed E-state index contributed by atoms with van der Waals surface area (Å²) in [5.41, 5.74) is 1.66. The maximum Gasteiger partial charge on any atom is 0.261 e. The second-order valence-electron chi connectivity index (χ2n) is 6.03. The summed E-state index contributed by atoms with van der Waals surface area (Å²) in [4.78, 5) is 8.02. The molecular formula is C18H14N4O5S2. The normalized spacial score (nSPS) is 12.2. The first-order valence-electron chi connectivity index (χ1n) is 8.20. The minimum absolute atomic E-state index is 0.125. The van der Waals surface area contributed by atoms with Crippen LogP contribution in [0.4, 0.5) is 5.69 Å². The average molecular weight is 430 g/mol. The van der Waals surface area contributed by atoms with Crippen LogP contribution in [0.2, 0.25) is 0 Å². The van der Waals surface area contributed by atoms with E-state index in [-0.39, 0.29) is 15.5 Å². The summed E-state index contributed by atoms with van der Waals surface area (Å²) in [6, 6.07) is 12.9. The highest BCUT2D eigenvalue weighted by molar-refractivity contribution is 7.92. The number of nitrogens with two attached hydrogens (primary N) is 1. The molecule has 0 unspecified atom stereocenters. The van der Waals surface area contributed by atoms with Gasteiger partial charge in [0.2, 0.25) is 15.9 Å². The molecule has 2 aromatic carbocycles. The van der Waals surface area contributed by atoms with Crippen LogP contribution in [0.15, 0.2) is 81.2 Å². The molecule has 0 saturated carbocycles. The first-order chi connectivity index (χ1) is 13.7. The monoisotopic (exact) mass is 430 g/mol. The molecule has 0 bridgehead atoms. The van der Waals surface area contributed by atoms with E-state index in [9.17, 15) is 16.8 Å². The summed E-state index contributed by atoms with van der Waals surface area (Å²) in [6.07, 6.45) is 3.19. The first-order valence-corrected chi connectivity index (χ1v) is 11.2. The Hall–Kier alpha value is -3.28. The standard InChI is InChI=1S/C18H14N4O5S2/c19-28(23,24)13-4-6-14(7-5-13)29(25,26)22-15-2-1-3-16-17(15)21-18(27-16)12-8-10-20-11-9-12/h1-11,22H,(H2,19,23,24). The van der Waals surface area contributed by atoms with Gasteiger partial charge in [-0.3, -0.25) is 9.71 Å². The third-order valence-electron chi connectivity index (χ3n) is 4.05. The number of nitrogens with zero attached hydrogens (tertiary/aromatic N) is 2. The maximum atomic E-state index is 12.7. The van der Waals surface area contributed by atoms with Gasteiger partial charge in [0.1, 0.15) is 5.52 Å². The number of pyridine rings is 1. The fraction of sp³-hybridized carbons (Fsp3) is 0. The first kappa shape index (κ1) is 19.1. The predicted octanol–water partition coefficient (Wildman–Crippen LogP) is 2.34. The molecule has 2 aromatic heterocycles. The molecule has 0 fully saturated rings. The topological polar surface area (TPSA) is 145 Å². The van der Waals surface area contributed by atoms with Crippen molar-refractivity contribution in [3.05, 3.63) is 67.0 Å². The molecule has 0 saturated heterocycles. The van der Waals surface area contributed by atoms with Crippen molar-refractivity contribution in [2.75, 3.05) is 4.72 Å². The highest BCUT2D eigenvalue weighted by atomic mass is 32.2. The summed E-state index contributed by atoms with van der Waals surface area (Å²) in [6.45, 7) is 0. The van der Waals surface area contributed by atoms with Gasteiger partial charge in [-0.25, -0.2) is 27.0 Å². The van der Waals surface area contributed by atoms with Crippen LogP contribution in [-0.2, 0) is 20.0 Å². The van der Waals surface area contributed by atoms with Crippen molar-refractivity contribution in [3.8, 4) is 11.5 Å². The lowest BCUT2D eigenvalue weighted by Crippen LogP contribution is -2.15. The fourth-order valence-corrected chi connectivity index (χ4v) is 4.24. The van der Waals surface area contributed by atoms with Gasteiger partial charge in [-0.15, -0.1) is 0 Å². The van der Waals surface area contributed by atoms with Crippen LogP contribution in [0.3, 0.4) is 0 Å². The Labute approximate surface area is 166 Å². The molecule has 4 aromatic rings. The van der Waals surface area contributed by atoms with Gasteiger partial charge >= 0.3 is 0 Å². The van der Waals surface area contributed by atoms with Crippen LogP contribution >= 0.6 is 0 Å². The zero-order valence-electron chi connectivity index (χ0n) is 14.7. The van der Waals surface area contributed by atoms with Crippen molar-refractivity contribution in [2.24, 2.45) is 5.14 Å². The Morgan fingerprint density at radius 1 is 0.862 bits per heavy atom. The number of rotatable bonds is 5. The van der Waals surface area contributed by atoms with Crippen LogP contribution in [0.1, 0.15) is 0 Å². The van der Waals surface area contributed by atoms with E-state index in [4.69, 9.17) is 9.56 Å². The fourth-order valence-electron chi connectivity index (χ4n) is 2.66. The second kappa shape index (κ2) is 6.95. The van der Waals surface area contributed by atoms with Gasteiger partial charge in [-0.2, -0.15) is 0 Å². The van der Waals surface area contributed by atoms with Gasteiger partial charge < -0.3 is 4.42 Å². The third-order valence-corrected chi connectivity index (χ3v) is 6.36. The van der Waals surface area contributed by atoms with E-state index in [2.05, 4.69) is 14.7 Å². The number of para-hydroxylation sites is 1. The summed E-state index contributed by atoms with van der Waals surface area (Å²) in [7, 11) is -7.92. The lowest BCUT2D eigenvalue weighted by Gasteiger charge is -2.08. The molecule has 0 aliphatic heterocycles. The molecule has 0 radical (unpaired) electrons. The van der Waals surface area contributed by atoms with E-state index in [0.717, 1.165) is 24.3 Å². The highest BCUT2D eigenvalue weighted by Gasteiger charge is 2.19. The summed E-state index contributed by atoms with van der Waals surface area (Å²) in [5, 5.41) is 5.04. The number of primary sulfonamides is 1. The van der Waals surface area contributed by atoms with Gasteiger partial charge in [0.25, 0.3) is 10.0 Å². The van der Waals surface area contributed by atoms with E-state index in [1.165, 1.54) is 0 Å². The molecule has 0 atom stereocenters. The number of hydrogen-bond acceptors (Lipinski definition) is 7. The molecular weight excluding hydrogens is 416 g/mol. The lowest BCUT2D eigenvalue weighted by molar-refractivity contribution is 0.595. The van der Waals surface area contributed by atoms with Crippen molar-refractivity contribution in [1.82, 2.24) is 9.97 Å². The molecule has 9 nitrogen and oxygen atoms in total. The molecule has 4 rings (SSSR count). The Morgan fingerprint density at radius 3 is 2.17 bits per heavy atom. The average Bonchev–Trinajstić information content (AvgIpc) is 3.13. The number of nitrogens with one attached hydrogen (secondary N) is 1. The third kappa shape index (κ3) is 3.83. The zero-order chi connectivity index (χ0) is 20.6. The van der Waals surface area contributed by atoms with Crippen LogP contribution in [0.25, 0.3) is 22.6 Å². The largest absolute Gasteiger partial charge is 0.436 e. The van der Waals surface area contributed by atoms with Crippen molar-refractivity contribution in [2.45, 2.75) is 9.79 Å². The highest BCUT2D eigenvalue weighted by Crippen LogP contribution is 2.30. The number of anilines is 1.